The smallest absolute Gasteiger partial charge is 0.313 e. The fourth-order valence-corrected chi connectivity index (χ4v) is 2.34. The van der Waals surface area contributed by atoms with E-state index >= 15 is 0 Å². The lowest BCUT2D eigenvalue weighted by atomic mass is 10.1. The Morgan fingerprint density at radius 1 is 1.32 bits per heavy atom. The molecule has 0 fully saturated rings. The number of carbonyl (C=O) groups excluding carboxylic acids is 2. The number of halogens is 1. The van der Waals surface area contributed by atoms with E-state index in [9.17, 15) is 9.59 Å². The van der Waals surface area contributed by atoms with Gasteiger partial charge in [0.2, 0.25) is 0 Å². The minimum atomic E-state index is -0.778. The van der Waals surface area contributed by atoms with Crippen molar-refractivity contribution in [2.24, 2.45) is 5.73 Å². The van der Waals surface area contributed by atoms with Crippen LogP contribution >= 0.6 is 28.1 Å². The number of benzene rings is 1. The zero-order valence-corrected chi connectivity index (χ0v) is 12.9. The number of aryl methyl sites for hydroxylation is 2. The predicted octanol–water partition coefficient (Wildman–Crippen LogP) is 1.41. The van der Waals surface area contributed by atoms with E-state index in [2.05, 4.69) is 38.8 Å². The van der Waals surface area contributed by atoms with Crippen molar-refractivity contribution >= 4 is 50.6 Å². The second kappa shape index (κ2) is 6.63. The molecule has 0 heterocycles. The van der Waals surface area contributed by atoms with E-state index in [4.69, 9.17) is 5.73 Å². The van der Waals surface area contributed by atoms with Crippen LogP contribution in [0.4, 0.5) is 5.69 Å². The molecule has 0 bridgehead atoms. The van der Waals surface area contributed by atoms with Gasteiger partial charge in [0.25, 0.3) is 0 Å². The van der Waals surface area contributed by atoms with Crippen LogP contribution in [0.5, 0.6) is 0 Å². The number of anilines is 1. The first-order valence-electron chi connectivity index (χ1n) is 5.45. The largest absolute Gasteiger partial charge is 0.392 e. The summed E-state index contributed by atoms with van der Waals surface area (Å²) in [5.41, 5.74) is 7.73. The van der Waals surface area contributed by atoms with E-state index in [0.717, 1.165) is 15.6 Å². The summed E-state index contributed by atoms with van der Waals surface area (Å²) >= 11 is 7.96. The van der Waals surface area contributed by atoms with Crippen molar-refractivity contribution < 1.29 is 9.59 Å². The molecular weight excluding hydrogens is 330 g/mol. The monoisotopic (exact) mass is 343 g/mol. The van der Waals surface area contributed by atoms with Crippen molar-refractivity contribution in [2.45, 2.75) is 13.8 Å². The molecule has 0 atom stereocenters. The molecule has 7 heteroatoms. The fraction of sp³-hybridized carbons (Fsp3) is 0.250. The third-order valence-corrected chi connectivity index (χ3v) is 3.07. The van der Waals surface area contributed by atoms with Crippen molar-refractivity contribution in [1.82, 2.24) is 5.32 Å². The first-order chi connectivity index (χ1) is 8.81. The molecule has 0 aliphatic carbocycles. The first-order valence-corrected chi connectivity index (χ1v) is 6.65. The Morgan fingerprint density at radius 2 is 1.95 bits per heavy atom. The van der Waals surface area contributed by atoms with Crippen LogP contribution in [0.25, 0.3) is 0 Å². The number of nitrogens with one attached hydrogen (secondary N) is 2. The van der Waals surface area contributed by atoms with Crippen LogP contribution in [0.2, 0.25) is 0 Å². The number of nitrogens with two attached hydrogens (primary N) is 1. The van der Waals surface area contributed by atoms with Crippen molar-refractivity contribution in [1.29, 1.82) is 0 Å². The summed E-state index contributed by atoms with van der Waals surface area (Å²) in [7, 11) is 0. The van der Waals surface area contributed by atoms with Crippen LogP contribution in [0.15, 0.2) is 16.6 Å². The summed E-state index contributed by atoms with van der Waals surface area (Å²) in [6, 6.07) is 3.77. The third kappa shape index (κ3) is 4.60. The van der Waals surface area contributed by atoms with E-state index < -0.39 is 11.8 Å². The van der Waals surface area contributed by atoms with Crippen LogP contribution in [0, 0.1) is 13.8 Å². The fourth-order valence-electron chi connectivity index (χ4n) is 1.49. The second-order valence-corrected chi connectivity index (χ2v) is 5.42. The Kier molecular flexibility index (Phi) is 5.44. The van der Waals surface area contributed by atoms with Crippen LogP contribution in [0.1, 0.15) is 11.1 Å². The molecule has 19 heavy (non-hydrogen) atoms. The summed E-state index contributed by atoms with van der Waals surface area (Å²) in [6.45, 7) is 3.79. The molecule has 0 saturated carbocycles. The third-order valence-electron chi connectivity index (χ3n) is 2.30. The van der Waals surface area contributed by atoms with E-state index in [1.54, 1.807) is 0 Å². The molecule has 102 valence electrons. The molecule has 0 aliphatic rings. The summed E-state index contributed by atoms with van der Waals surface area (Å²) in [4.78, 5) is 23.3. The Morgan fingerprint density at radius 3 is 2.47 bits per heavy atom. The van der Waals surface area contributed by atoms with E-state index in [0.29, 0.717) is 5.69 Å². The minimum absolute atomic E-state index is 0.00433. The second-order valence-electron chi connectivity index (χ2n) is 4.04. The Balaban J connectivity index is 2.77. The van der Waals surface area contributed by atoms with Gasteiger partial charge in [-0.2, -0.15) is 0 Å². The number of rotatable bonds is 3. The van der Waals surface area contributed by atoms with Crippen LogP contribution in [-0.4, -0.2) is 23.3 Å². The van der Waals surface area contributed by atoms with Crippen molar-refractivity contribution in [3.8, 4) is 0 Å². The highest BCUT2D eigenvalue weighted by Crippen LogP contribution is 2.27. The van der Waals surface area contributed by atoms with Crippen LogP contribution in [0.3, 0.4) is 0 Å². The summed E-state index contributed by atoms with van der Waals surface area (Å²) in [5.74, 6) is -1.54. The molecule has 5 nitrogen and oxygen atoms in total. The molecule has 0 unspecified atom stereocenters. The maximum atomic E-state index is 11.7. The maximum Gasteiger partial charge on any atom is 0.313 e. The summed E-state index contributed by atoms with van der Waals surface area (Å²) in [6.07, 6.45) is 0. The highest BCUT2D eigenvalue weighted by Gasteiger charge is 2.16. The number of thiocarbonyl (C=S) groups is 1. The Labute approximate surface area is 125 Å². The molecule has 0 aliphatic heterocycles. The molecule has 2 amide bonds. The van der Waals surface area contributed by atoms with E-state index in [1.807, 2.05) is 26.0 Å². The van der Waals surface area contributed by atoms with Gasteiger partial charge >= 0.3 is 11.8 Å². The lowest BCUT2D eigenvalue weighted by Crippen LogP contribution is -2.39. The zero-order valence-electron chi connectivity index (χ0n) is 10.5. The molecule has 4 N–H and O–H groups in total. The average molecular weight is 344 g/mol. The molecule has 1 rings (SSSR count). The molecule has 0 aromatic heterocycles. The van der Waals surface area contributed by atoms with Crippen molar-refractivity contribution in [3.63, 3.8) is 0 Å². The van der Waals surface area contributed by atoms with E-state index in [-0.39, 0.29) is 11.5 Å². The Hall–Kier alpha value is -1.47. The quantitative estimate of drug-likeness (QED) is 0.572. The predicted molar refractivity (Wildman–Crippen MR) is 82.0 cm³/mol. The van der Waals surface area contributed by atoms with Gasteiger partial charge in [0.1, 0.15) is 0 Å². The van der Waals surface area contributed by atoms with Gasteiger partial charge in [-0.25, -0.2) is 0 Å². The van der Waals surface area contributed by atoms with Gasteiger partial charge in [0, 0.05) is 4.47 Å². The normalized spacial score (nSPS) is 9.84. The van der Waals surface area contributed by atoms with E-state index in [1.165, 1.54) is 0 Å². The van der Waals surface area contributed by atoms with Crippen LogP contribution < -0.4 is 16.4 Å². The highest BCUT2D eigenvalue weighted by atomic mass is 79.9. The van der Waals surface area contributed by atoms with Crippen LogP contribution in [-0.2, 0) is 9.59 Å². The molecular formula is C12H14BrN3O2S. The molecule has 1 aromatic rings. The zero-order chi connectivity index (χ0) is 14.6. The SMILES string of the molecule is Cc1cc(C)c(NC(=O)C(=O)NCC(N)=S)c(Br)c1. The van der Waals surface area contributed by atoms with Gasteiger partial charge in [0.05, 0.1) is 17.2 Å². The number of amides is 2. The molecule has 0 saturated heterocycles. The van der Waals surface area contributed by atoms with Gasteiger partial charge in [-0.05, 0) is 47.0 Å². The molecule has 1 aromatic carbocycles. The number of hydrogen-bond acceptors (Lipinski definition) is 3. The lowest BCUT2D eigenvalue weighted by molar-refractivity contribution is -0.135. The lowest BCUT2D eigenvalue weighted by Gasteiger charge is -2.11. The van der Waals surface area contributed by atoms with Crippen molar-refractivity contribution in [3.05, 3.63) is 27.7 Å². The summed E-state index contributed by atoms with van der Waals surface area (Å²) in [5, 5.41) is 4.87. The maximum absolute atomic E-state index is 11.7. The average Bonchev–Trinajstić information content (AvgIpc) is 2.30. The minimum Gasteiger partial charge on any atom is -0.392 e. The highest BCUT2D eigenvalue weighted by molar-refractivity contribution is 9.10. The van der Waals surface area contributed by atoms with Gasteiger partial charge < -0.3 is 16.4 Å². The Bertz CT molecular complexity index is 523. The number of hydrogen-bond donors (Lipinski definition) is 3. The van der Waals surface area contributed by atoms with Crippen molar-refractivity contribution in [2.75, 3.05) is 11.9 Å². The number of carbonyl (C=O) groups is 2. The first kappa shape index (κ1) is 15.6. The standard InChI is InChI=1S/C12H14BrN3O2S/c1-6-3-7(2)10(8(13)4-6)16-12(18)11(17)15-5-9(14)19/h3-4H,5H2,1-2H3,(H2,14,19)(H,15,17)(H,16,18). The molecule has 0 spiro atoms. The van der Waals surface area contributed by atoms with Gasteiger partial charge in [-0.1, -0.05) is 18.3 Å². The van der Waals surface area contributed by atoms with Gasteiger partial charge in [-0.3, -0.25) is 9.59 Å². The van der Waals surface area contributed by atoms with Gasteiger partial charge in [-0.15, -0.1) is 0 Å². The van der Waals surface area contributed by atoms with Gasteiger partial charge in [0.15, 0.2) is 0 Å². The summed E-state index contributed by atoms with van der Waals surface area (Å²) < 4.78 is 0.723. The molecule has 0 radical (unpaired) electrons. The topological polar surface area (TPSA) is 84.2 Å².